The summed E-state index contributed by atoms with van der Waals surface area (Å²) < 4.78 is 15.2. The van der Waals surface area contributed by atoms with Crippen molar-refractivity contribution in [2.75, 3.05) is 19.8 Å². The van der Waals surface area contributed by atoms with E-state index in [2.05, 4.69) is 4.74 Å². The minimum atomic E-state index is -1.02. The van der Waals surface area contributed by atoms with Crippen LogP contribution < -0.4 is 20.5 Å². The van der Waals surface area contributed by atoms with Crippen LogP contribution in [0.1, 0.15) is 6.92 Å². The molecule has 0 aromatic heterocycles. The molecular formula is C13H16N2O6. The molecule has 1 aromatic carbocycles. The number of carbonyl (C=O) groups is 3. The summed E-state index contributed by atoms with van der Waals surface area (Å²) in [6, 6.07) is 5.81. The Labute approximate surface area is 121 Å². The van der Waals surface area contributed by atoms with Crippen LogP contribution in [0.25, 0.3) is 0 Å². The molecule has 1 rings (SSSR count). The quantitative estimate of drug-likeness (QED) is 0.694. The van der Waals surface area contributed by atoms with Gasteiger partial charge in [-0.15, -0.1) is 0 Å². The summed E-state index contributed by atoms with van der Waals surface area (Å²) in [5, 5.41) is 1.76. The van der Waals surface area contributed by atoms with E-state index in [-0.39, 0.29) is 0 Å². The maximum absolute atomic E-state index is 11.4. The third-order valence-electron chi connectivity index (χ3n) is 2.12. The van der Waals surface area contributed by atoms with Crippen LogP contribution in [0.3, 0.4) is 0 Å². The standard InChI is InChI=1S/C13H16N2O6/c1-2-19-9-5-3-4-6-10(9)20-8-12(17)21-7-11(16)15-13(14)18/h3-6H,2,7-8H2,1H3,(H3,14,15,16,18). The number of urea groups is 1. The van der Waals surface area contributed by atoms with E-state index in [0.717, 1.165) is 0 Å². The van der Waals surface area contributed by atoms with Gasteiger partial charge in [0.15, 0.2) is 24.7 Å². The molecule has 8 nitrogen and oxygen atoms in total. The summed E-state index contributed by atoms with van der Waals surface area (Å²) in [5.74, 6) is -0.691. The molecule has 0 bridgehead atoms. The zero-order valence-corrected chi connectivity index (χ0v) is 11.5. The predicted molar refractivity (Wildman–Crippen MR) is 71.8 cm³/mol. The van der Waals surface area contributed by atoms with Crippen molar-refractivity contribution < 1.29 is 28.6 Å². The highest BCUT2D eigenvalue weighted by atomic mass is 16.6. The lowest BCUT2D eigenvalue weighted by atomic mass is 10.3. The van der Waals surface area contributed by atoms with Gasteiger partial charge in [0.2, 0.25) is 0 Å². The number of rotatable bonds is 7. The van der Waals surface area contributed by atoms with Crippen molar-refractivity contribution in [1.29, 1.82) is 0 Å². The zero-order valence-electron chi connectivity index (χ0n) is 11.5. The van der Waals surface area contributed by atoms with Gasteiger partial charge >= 0.3 is 12.0 Å². The molecule has 114 valence electrons. The molecule has 0 aliphatic heterocycles. The predicted octanol–water partition coefficient (Wildman–Crippen LogP) is 0.202. The topological polar surface area (TPSA) is 117 Å². The first-order valence-corrected chi connectivity index (χ1v) is 6.12. The Hall–Kier alpha value is -2.77. The van der Waals surface area contributed by atoms with Gasteiger partial charge in [0, 0.05) is 0 Å². The number of esters is 1. The van der Waals surface area contributed by atoms with Crippen LogP contribution in [-0.4, -0.2) is 37.7 Å². The Kier molecular flexibility index (Phi) is 6.52. The van der Waals surface area contributed by atoms with Gasteiger partial charge in [0.05, 0.1) is 6.61 Å². The molecule has 3 amide bonds. The monoisotopic (exact) mass is 296 g/mol. The number of ether oxygens (including phenoxy) is 3. The number of para-hydroxylation sites is 2. The summed E-state index contributed by atoms with van der Waals surface area (Å²) in [5.41, 5.74) is 4.73. The SMILES string of the molecule is CCOc1ccccc1OCC(=O)OCC(=O)NC(N)=O. The van der Waals surface area contributed by atoms with E-state index in [1.807, 2.05) is 6.92 Å². The lowest BCUT2D eigenvalue weighted by molar-refractivity contribution is -0.150. The molecule has 0 fully saturated rings. The summed E-state index contributed by atoms with van der Waals surface area (Å²) in [4.78, 5) is 32.8. The van der Waals surface area contributed by atoms with Gasteiger partial charge < -0.3 is 19.9 Å². The fraction of sp³-hybridized carbons (Fsp3) is 0.308. The van der Waals surface area contributed by atoms with Crippen molar-refractivity contribution in [3.63, 3.8) is 0 Å². The molecule has 0 aliphatic carbocycles. The van der Waals surface area contributed by atoms with Crippen LogP contribution in [0.15, 0.2) is 24.3 Å². The minimum absolute atomic E-state index is 0.387. The van der Waals surface area contributed by atoms with E-state index < -0.39 is 31.1 Å². The summed E-state index contributed by atoms with van der Waals surface area (Å²) in [6.07, 6.45) is 0. The van der Waals surface area contributed by atoms with Crippen LogP contribution in [0.2, 0.25) is 0 Å². The summed E-state index contributed by atoms with van der Waals surface area (Å²) in [6.45, 7) is 1.27. The number of hydrogen-bond donors (Lipinski definition) is 2. The molecular weight excluding hydrogens is 280 g/mol. The van der Waals surface area contributed by atoms with Gasteiger partial charge in [-0.25, -0.2) is 9.59 Å². The number of nitrogens with one attached hydrogen (secondary N) is 1. The Morgan fingerprint density at radius 2 is 1.71 bits per heavy atom. The number of amides is 3. The van der Waals surface area contributed by atoms with Gasteiger partial charge in [-0.3, -0.25) is 10.1 Å². The van der Waals surface area contributed by atoms with E-state index >= 15 is 0 Å². The maximum Gasteiger partial charge on any atom is 0.344 e. The molecule has 1 aromatic rings. The maximum atomic E-state index is 11.4. The first-order valence-electron chi connectivity index (χ1n) is 6.12. The Morgan fingerprint density at radius 1 is 1.10 bits per heavy atom. The number of primary amides is 1. The van der Waals surface area contributed by atoms with Crippen LogP contribution in [0.4, 0.5) is 4.79 Å². The van der Waals surface area contributed by atoms with E-state index in [4.69, 9.17) is 15.2 Å². The Bertz CT molecular complexity index is 517. The Balaban J connectivity index is 2.39. The highest BCUT2D eigenvalue weighted by Crippen LogP contribution is 2.26. The van der Waals surface area contributed by atoms with Gasteiger partial charge in [-0.1, -0.05) is 12.1 Å². The fourth-order valence-electron chi connectivity index (χ4n) is 1.34. The van der Waals surface area contributed by atoms with Gasteiger partial charge in [-0.2, -0.15) is 0 Å². The lowest BCUT2D eigenvalue weighted by Crippen LogP contribution is -2.38. The number of carbonyl (C=O) groups excluding carboxylic acids is 3. The average Bonchev–Trinajstić information content (AvgIpc) is 2.44. The van der Waals surface area contributed by atoms with E-state index in [1.54, 1.807) is 29.6 Å². The summed E-state index contributed by atoms with van der Waals surface area (Å²) >= 11 is 0. The zero-order chi connectivity index (χ0) is 15.7. The number of imide groups is 1. The molecule has 0 atom stereocenters. The van der Waals surface area contributed by atoms with E-state index in [1.165, 1.54) is 0 Å². The second-order valence-electron chi connectivity index (χ2n) is 3.74. The summed E-state index contributed by atoms with van der Waals surface area (Å²) in [7, 11) is 0. The third kappa shape index (κ3) is 6.28. The van der Waals surface area contributed by atoms with Gasteiger partial charge in [0.1, 0.15) is 0 Å². The lowest BCUT2D eigenvalue weighted by Gasteiger charge is -2.11. The van der Waals surface area contributed by atoms with E-state index in [0.29, 0.717) is 18.1 Å². The molecule has 21 heavy (non-hydrogen) atoms. The van der Waals surface area contributed by atoms with Crippen molar-refractivity contribution in [3.05, 3.63) is 24.3 Å². The van der Waals surface area contributed by atoms with Crippen molar-refractivity contribution in [1.82, 2.24) is 5.32 Å². The van der Waals surface area contributed by atoms with Gasteiger partial charge in [0.25, 0.3) is 5.91 Å². The molecule has 3 N–H and O–H groups in total. The van der Waals surface area contributed by atoms with Crippen LogP contribution in [0, 0.1) is 0 Å². The minimum Gasteiger partial charge on any atom is -0.490 e. The highest BCUT2D eigenvalue weighted by Gasteiger charge is 2.11. The number of benzene rings is 1. The first-order chi connectivity index (χ1) is 10.0. The Morgan fingerprint density at radius 3 is 2.29 bits per heavy atom. The largest absolute Gasteiger partial charge is 0.490 e. The fourth-order valence-corrected chi connectivity index (χ4v) is 1.34. The van der Waals surface area contributed by atoms with Crippen molar-refractivity contribution in [2.24, 2.45) is 5.73 Å². The average molecular weight is 296 g/mol. The molecule has 0 saturated heterocycles. The van der Waals surface area contributed by atoms with Gasteiger partial charge in [-0.05, 0) is 19.1 Å². The molecule has 8 heteroatoms. The van der Waals surface area contributed by atoms with Crippen LogP contribution >= 0.6 is 0 Å². The second-order valence-corrected chi connectivity index (χ2v) is 3.74. The van der Waals surface area contributed by atoms with Crippen LogP contribution in [-0.2, 0) is 14.3 Å². The highest BCUT2D eigenvalue weighted by molar-refractivity contribution is 5.94. The molecule has 0 radical (unpaired) electrons. The van der Waals surface area contributed by atoms with Crippen LogP contribution in [0.5, 0.6) is 11.5 Å². The molecule has 0 aliphatic rings. The smallest absolute Gasteiger partial charge is 0.344 e. The number of nitrogens with two attached hydrogens (primary N) is 1. The van der Waals surface area contributed by atoms with E-state index in [9.17, 15) is 14.4 Å². The van der Waals surface area contributed by atoms with Crippen molar-refractivity contribution in [2.45, 2.75) is 6.92 Å². The third-order valence-corrected chi connectivity index (χ3v) is 2.12. The van der Waals surface area contributed by atoms with Crippen molar-refractivity contribution in [3.8, 4) is 11.5 Å². The molecule has 0 saturated carbocycles. The second kappa shape index (κ2) is 8.41. The molecule has 0 unspecified atom stereocenters. The van der Waals surface area contributed by atoms with Crippen molar-refractivity contribution >= 4 is 17.9 Å². The normalized spacial score (nSPS) is 9.57. The first kappa shape index (κ1) is 16.3. The molecule has 0 spiro atoms. The number of hydrogen-bond acceptors (Lipinski definition) is 6. The molecule has 0 heterocycles.